The molecule has 1 fully saturated rings. The fraction of sp³-hybridized carbons (Fsp3) is 0.562. The summed E-state index contributed by atoms with van der Waals surface area (Å²) >= 11 is 6.11. The van der Waals surface area contributed by atoms with Gasteiger partial charge in [0.25, 0.3) is 5.91 Å². The molecule has 3 rings (SSSR count). The van der Waals surface area contributed by atoms with Gasteiger partial charge in [0.05, 0.1) is 16.9 Å². The van der Waals surface area contributed by atoms with Crippen LogP contribution in [0.15, 0.2) is 17.3 Å². The van der Waals surface area contributed by atoms with Crippen LogP contribution in [0.3, 0.4) is 0 Å². The van der Waals surface area contributed by atoms with Crippen molar-refractivity contribution in [2.75, 3.05) is 26.2 Å². The van der Waals surface area contributed by atoms with Crippen molar-refractivity contribution in [3.63, 3.8) is 0 Å². The first-order valence-corrected chi connectivity index (χ1v) is 10.7. The van der Waals surface area contributed by atoms with E-state index in [4.69, 9.17) is 11.6 Å². The lowest BCUT2D eigenvalue weighted by atomic mass is 10.3. The molecule has 1 saturated heterocycles. The van der Waals surface area contributed by atoms with Gasteiger partial charge in [0.1, 0.15) is 10.6 Å². The Morgan fingerprint density at radius 2 is 1.85 bits per heavy atom. The molecule has 0 bridgehead atoms. The van der Waals surface area contributed by atoms with Crippen LogP contribution in [-0.4, -0.2) is 69.3 Å². The Morgan fingerprint density at radius 1 is 1.19 bits per heavy atom. The maximum Gasteiger partial charge on any atom is 0.273 e. The second kappa shape index (κ2) is 7.61. The molecule has 11 heteroatoms. The Labute approximate surface area is 163 Å². The molecule has 27 heavy (non-hydrogen) atoms. The minimum atomic E-state index is -3.64. The van der Waals surface area contributed by atoms with Crippen LogP contribution in [0.1, 0.15) is 30.0 Å². The van der Waals surface area contributed by atoms with E-state index in [1.54, 1.807) is 27.4 Å². The molecule has 148 valence electrons. The van der Waals surface area contributed by atoms with E-state index in [1.165, 1.54) is 10.5 Å². The van der Waals surface area contributed by atoms with E-state index in [-0.39, 0.29) is 23.9 Å². The fourth-order valence-electron chi connectivity index (χ4n) is 3.15. The minimum absolute atomic E-state index is 0.219. The van der Waals surface area contributed by atoms with Gasteiger partial charge in [0.2, 0.25) is 10.0 Å². The third kappa shape index (κ3) is 3.61. The first-order chi connectivity index (χ1) is 12.8. The number of rotatable bonds is 5. The molecule has 0 spiro atoms. The van der Waals surface area contributed by atoms with Gasteiger partial charge in [-0.1, -0.05) is 11.6 Å². The fourth-order valence-corrected chi connectivity index (χ4v) is 4.96. The lowest BCUT2D eigenvalue weighted by Crippen LogP contribution is -2.50. The molecule has 9 nitrogen and oxygen atoms in total. The zero-order valence-electron chi connectivity index (χ0n) is 15.6. The first-order valence-electron chi connectivity index (χ1n) is 8.84. The van der Waals surface area contributed by atoms with Crippen molar-refractivity contribution < 1.29 is 13.2 Å². The van der Waals surface area contributed by atoms with Gasteiger partial charge in [-0.25, -0.2) is 8.42 Å². The normalized spacial score (nSPS) is 16.1. The van der Waals surface area contributed by atoms with E-state index in [0.29, 0.717) is 42.6 Å². The Hall–Kier alpha value is -1.91. The minimum Gasteiger partial charge on any atom is -0.335 e. The molecule has 1 amide bonds. The molecule has 0 aliphatic carbocycles. The van der Waals surface area contributed by atoms with Gasteiger partial charge in [0.15, 0.2) is 0 Å². The van der Waals surface area contributed by atoms with Crippen LogP contribution < -0.4 is 0 Å². The second-order valence-electron chi connectivity index (χ2n) is 6.29. The highest BCUT2D eigenvalue weighted by Crippen LogP contribution is 2.22. The van der Waals surface area contributed by atoms with Crippen molar-refractivity contribution in [2.24, 2.45) is 0 Å². The average molecular weight is 415 g/mol. The monoisotopic (exact) mass is 414 g/mol. The maximum absolute atomic E-state index is 12.9. The van der Waals surface area contributed by atoms with Crippen LogP contribution in [0.4, 0.5) is 0 Å². The average Bonchev–Trinajstić information content (AvgIpc) is 3.23. The van der Waals surface area contributed by atoms with E-state index < -0.39 is 10.0 Å². The number of carbonyl (C=O) groups excluding carboxylic acids is 1. The van der Waals surface area contributed by atoms with Crippen molar-refractivity contribution in [3.8, 4) is 0 Å². The molecule has 0 aromatic carbocycles. The highest BCUT2D eigenvalue weighted by molar-refractivity contribution is 7.89. The van der Waals surface area contributed by atoms with Crippen molar-refractivity contribution >= 4 is 27.5 Å². The quantitative estimate of drug-likeness (QED) is 0.733. The number of aromatic nitrogens is 4. The van der Waals surface area contributed by atoms with Gasteiger partial charge in [0, 0.05) is 45.5 Å². The van der Waals surface area contributed by atoms with Gasteiger partial charge in [-0.15, -0.1) is 0 Å². The molecule has 0 atom stereocenters. The predicted molar refractivity (Wildman–Crippen MR) is 100 cm³/mol. The van der Waals surface area contributed by atoms with Crippen molar-refractivity contribution in [1.82, 2.24) is 28.8 Å². The molecular formula is C16H23ClN6O3S. The van der Waals surface area contributed by atoms with E-state index in [1.807, 2.05) is 13.8 Å². The summed E-state index contributed by atoms with van der Waals surface area (Å²) < 4.78 is 30.4. The number of carbonyl (C=O) groups is 1. The summed E-state index contributed by atoms with van der Waals surface area (Å²) in [7, 11) is -3.64. The van der Waals surface area contributed by atoms with Gasteiger partial charge in [-0.3, -0.25) is 14.2 Å². The Bertz CT molecular complexity index is 944. The van der Waals surface area contributed by atoms with Crippen LogP contribution in [0, 0.1) is 6.92 Å². The van der Waals surface area contributed by atoms with E-state index in [0.717, 1.165) is 0 Å². The van der Waals surface area contributed by atoms with Gasteiger partial charge < -0.3 is 4.90 Å². The zero-order valence-corrected chi connectivity index (χ0v) is 17.2. The number of nitrogens with zero attached hydrogens (tertiary/aromatic N) is 6. The lowest BCUT2D eigenvalue weighted by molar-refractivity contribution is 0.0685. The number of aryl methyl sites for hydroxylation is 3. The lowest BCUT2D eigenvalue weighted by Gasteiger charge is -2.33. The molecule has 2 aromatic heterocycles. The van der Waals surface area contributed by atoms with Crippen LogP contribution >= 0.6 is 11.6 Å². The Balaban J connectivity index is 1.74. The number of hydrogen-bond acceptors (Lipinski definition) is 5. The SMILES string of the molecule is CCn1cc(S(=O)(=O)N2CCN(C(=O)c3c(Cl)cnn3CC)CC2)c(C)n1. The summed E-state index contributed by atoms with van der Waals surface area (Å²) in [6.07, 6.45) is 3.01. The third-order valence-corrected chi connectivity index (χ3v) is 6.94. The van der Waals surface area contributed by atoms with Gasteiger partial charge >= 0.3 is 0 Å². The molecule has 0 radical (unpaired) electrons. The smallest absolute Gasteiger partial charge is 0.273 e. The predicted octanol–water partition coefficient (Wildman–Crippen LogP) is 1.23. The molecule has 3 heterocycles. The summed E-state index contributed by atoms with van der Waals surface area (Å²) in [6, 6.07) is 0. The molecule has 1 aliphatic rings. The van der Waals surface area contributed by atoms with Crippen LogP contribution in [0.5, 0.6) is 0 Å². The van der Waals surface area contributed by atoms with Gasteiger partial charge in [-0.05, 0) is 20.8 Å². The standard InChI is InChI=1S/C16H23ClN6O3S/c1-4-21-11-14(12(3)19-21)27(25,26)22-8-6-20(7-9-22)16(24)15-13(17)10-18-23(15)5-2/h10-11H,4-9H2,1-3H3. The summed E-state index contributed by atoms with van der Waals surface area (Å²) in [4.78, 5) is 14.6. The van der Waals surface area contributed by atoms with E-state index in [2.05, 4.69) is 10.2 Å². The molecule has 0 N–H and O–H groups in total. The molecule has 1 aliphatic heterocycles. The third-order valence-electron chi connectivity index (χ3n) is 4.67. The maximum atomic E-state index is 12.9. The van der Waals surface area contributed by atoms with E-state index >= 15 is 0 Å². The number of halogens is 1. The van der Waals surface area contributed by atoms with Crippen LogP contribution in [0.25, 0.3) is 0 Å². The number of piperazine rings is 1. The number of amides is 1. The van der Waals surface area contributed by atoms with Gasteiger partial charge in [-0.2, -0.15) is 14.5 Å². The summed E-state index contributed by atoms with van der Waals surface area (Å²) in [6.45, 7) is 7.64. The molecular weight excluding hydrogens is 392 g/mol. The van der Waals surface area contributed by atoms with Crippen LogP contribution in [-0.2, 0) is 23.1 Å². The van der Waals surface area contributed by atoms with E-state index in [9.17, 15) is 13.2 Å². The summed E-state index contributed by atoms with van der Waals surface area (Å²) in [5.41, 5.74) is 0.824. The highest BCUT2D eigenvalue weighted by Gasteiger charge is 2.33. The largest absolute Gasteiger partial charge is 0.335 e. The summed E-state index contributed by atoms with van der Waals surface area (Å²) in [5.74, 6) is -0.230. The van der Waals surface area contributed by atoms with Crippen LogP contribution in [0.2, 0.25) is 5.02 Å². The highest BCUT2D eigenvalue weighted by atomic mass is 35.5. The topological polar surface area (TPSA) is 93.3 Å². The molecule has 0 unspecified atom stereocenters. The zero-order chi connectivity index (χ0) is 19.8. The summed E-state index contributed by atoms with van der Waals surface area (Å²) in [5, 5.41) is 8.61. The molecule has 2 aromatic rings. The van der Waals surface area contributed by atoms with Crippen molar-refractivity contribution in [3.05, 3.63) is 28.8 Å². The Morgan fingerprint density at radius 3 is 2.41 bits per heavy atom. The molecule has 0 saturated carbocycles. The van der Waals surface area contributed by atoms with Crippen molar-refractivity contribution in [2.45, 2.75) is 38.8 Å². The number of hydrogen-bond donors (Lipinski definition) is 0. The second-order valence-corrected chi connectivity index (χ2v) is 8.60. The first kappa shape index (κ1) is 19.8. The number of sulfonamides is 1. The van der Waals surface area contributed by atoms with Crippen molar-refractivity contribution in [1.29, 1.82) is 0 Å². The Kier molecular flexibility index (Phi) is 5.59.